The third-order valence-corrected chi connectivity index (χ3v) is 4.82. The first-order valence-corrected chi connectivity index (χ1v) is 8.96. The number of aromatic nitrogens is 4. The standard InChI is InChI=1S/C16H22N6O6/c1-17-16(25)27-5-9-11(23)12(24)15(28-9)22-7-20-10-13(18-6-19-14(10)22)21-8-2-3-26-4-8/h6-9,11-12,15,23-24H,2-5H2,1H3,(H,17,25)(H,18,19,21)/t8-,9-,11-,12-,15?/m1/s1. The van der Waals surface area contributed by atoms with Gasteiger partial charge in [0.15, 0.2) is 23.2 Å². The molecule has 1 unspecified atom stereocenters. The molecule has 5 atom stereocenters. The van der Waals surface area contributed by atoms with Crippen LogP contribution in [-0.2, 0) is 14.2 Å². The Hall–Kier alpha value is -2.54. The largest absolute Gasteiger partial charge is 0.447 e. The smallest absolute Gasteiger partial charge is 0.406 e. The minimum atomic E-state index is -1.25. The van der Waals surface area contributed by atoms with Gasteiger partial charge in [-0.1, -0.05) is 0 Å². The number of carbonyl (C=O) groups is 1. The second-order valence-electron chi connectivity index (χ2n) is 6.65. The van der Waals surface area contributed by atoms with Gasteiger partial charge in [-0.2, -0.15) is 0 Å². The number of anilines is 1. The molecule has 2 aliphatic rings. The Morgan fingerprint density at radius 3 is 2.96 bits per heavy atom. The number of imidazole rings is 1. The Labute approximate surface area is 159 Å². The molecule has 2 aromatic rings. The Balaban J connectivity index is 1.54. The predicted molar refractivity (Wildman–Crippen MR) is 94.5 cm³/mol. The lowest BCUT2D eigenvalue weighted by Crippen LogP contribution is -2.35. The average molecular weight is 394 g/mol. The summed E-state index contributed by atoms with van der Waals surface area (Å²) in [5.74, 6) is 0.562. The molecule has 4 N–H and O–H groups in total. The number of amides is 1. The second kappa shape index (κ2) is 7.83. The summed E-state index contributed by atoms with van der Waals surface area (Å²) in [6.45, 7) is 1.08. The highest BCUT2D eigenvalue weighted by molar-refractivity contribution is 5.82. The first kappa shape index (κ1) is 18.8. The first-order valence-electron chi connectivity index (χ1n) is 8.96. The Morgan fingerprint density at radius 2 is 2.21 bits per heavy atom. The van der Waals surface area contributed by atoms with Crippen molar-refractivity contribution in [3.63, 3.8) is 0 Å². The minimum Gasteiger partial charge on any atom is -0.447 e. The van der Waals surface area contributed by atoms with E-state index in [2.05, 4.69) is 25.6 Å². The molecule has 0 radical (unpaired) electrons. The molecule has 0 saturated carbocycles. The number of ether oxygens (including phenoxy) is 3. The average Bonchev–Trinajstić information content (AvgIpc) is 3.42. The predicted octanol–water partition coefficient (Wildman–Crippen LogP) is -0.998. The van der Waals surface area contributed by atoms with Crippen molar-refractivity contribution in [3.05, 3.63) is 12.7 Å². The van der Waals surface area contributed by atoms with E-state index in [4.69, 9.17) is 14.2 Å². The van der Waals surface area contributed by atoms with Crippen molar-refractivity contribution in [2.24, 2.45) is 0 Å². The van der Waals surface area contributed by atoms with Crippen molar-refractivity contribution in [2.75, 3.05) is 32.2 Å². The molecule has 1 amide bonds. The van der Waals surface area contributed by atoms with E-state index < -0.39 is 30.6 Å². The van der Waals surface area contributed by atoms with Crippen LogP contribution in [0.5, 0.6) is 0 Å². The van der Waals surface area contributed by atoms with Crippen LogP contribution in [0.25, 0.3) is 11.2 Å². The van der Waals surface area contributed by atoms with E-state index in [0.29, 0.717) is 30.2 Å². The van der Waals surface area contributed by atoms with Gasteiger partial charge in [0.2, 0.25) is 0 Å². The van der Waals surface area contributed by atoms with Gasteiger partial charge in [-0.05, 0) is 6.42 Å². The van der Waals surface area contributed by atoms with Crippen LogP contribution < -0.4 is 10.6 Å². The molecule has 12 heteroatoms. The summed E-state index contributed by atoms with van der Waals surface area (Å²) in [5.41, 5.74) is 0.963. The normalized spacial score (nSPS) is 29.9. The summed E-state index contributed by atoms with van der Waals surface area (Å²) < 4.78 is 17.5. The summed E-state index contributed by atoms with van der Waals surface area (Å²) in [6, 6.07) is 0.143. The van der Waals surface area contributed by atoms with Crippen LogP contribution in [0.1, 0.15) is 12.6 Å². The number of aliphatic hydroxyl groups excluding tert-OH is 2. The monoisotopic (exact) mass is 394 g/mol. The van der Waals surface area contributed by atoms with E-state index >= 15 is 0 Å². The van der Waals surface area contributed by atoms with Gasteiger partial charge in [-0.25, -0.2) is 19.7 Å². The fourth-order valence-corrected chi connectivity index (χ4v) is 3.31. The molecule has 12 nitrogen and oxygen atoms in total. The molecule has 2 saturated heterocycles. The van der Waals surface area contributed by atoms with E-state index in [9.17, 15) is 15.0 Å². The Bertz CT molecular complexity index is 840. The van der Waals surface area contributed by atoms with Gasteiger partial charge >= 0.3 is 6.09 Å². The number of hydrogen-bond acceptors (Lipinski definition) is 10. The number of nitrogens with zero attached hydrogens (tertiary/aromatic N) is 4. The van der Waals surface area contributed by atoms with Crippen LogP contribution in [0.15, 0.2) is 12.7 Å². The molecule has 0 aromatic carbocycles. The van der Waals surface area contributed by atoms with E-state index in [1.807, 2.05) is 0 Å². The number of alkyl carbamates (subject to hydrolysis) is 1. The lowest BCUT2D eigenvalue weighted by molar-refractivity contribution is -0.0531. The van der Waals surface area contributed by atoms with Crippen molar-refractivity contribution in [1.82, 2.24) is 24.8 Å². The molecule has 2 fully saturated rings. The maximum Gasteiger partial charge on any atom is 0.406 e. The summed E-state index contributed by atoms with van der Waals surface area (Å²) in [4.78, 5) is 24.1. The quantitative estimate of drug-likeness (QED) is 0.497. The van der Waals surface area contributed by atoms with Crippen LogP contribution in [0.3, 0.4) is 0 Å². The number of rotatable bonds is 5. The zero-order valence-corrected chi connectivity index (χ0v) is 15.2. The number of nitrogens with one attached hydrogen (secondary N) is 2. The highest BCUT2D eigenvalue weighted by Gasteiger charge is 2.45. The van der Waals surface area contributed by atoms with Gasteiger partial charge in [0.05, 0.1) is 19.0 Å². The molecular weight excluding hydrogens is 372 g/mol. The van der Waals surface area contributed by atoms with Gasteiger partial charge in [-0.15, -0.1) is 0 Å². The van der Waals surface area contributed by atoms with Gasteiger partial charge in [0, 0.05) is 13.7 Å². The lowest BCUT2D eigenvalue weighted by Gasteiger charge is -2.17. The minimum absolute atomic E-state index is 0.143. The molecule has 4 rings (SSSR count). The zero-order chi connectivity index (χ0) is 19.7. The number of aliphatic hydroxyl groups is 2. The van der Waals surface area contributed by atoms with Gasteiger partial charge in [-0.3, -0.25) is 4.57 Å². The van der Waals surface area contributed by atoms with Crippen LogP contribution in [0.2, 0.25) is 0 Å². The molecular formula is C16H22N6O6. The second-order valence-corrected chi connectivity index (χ2v) is 6.65. The number of fused-ring (bicyclic) bond motifs is 1. The first-order chi connectivity index (χ1) is 13.6. The highest BCUT2D eigenvalue weighted by atomic mass is 16.6. The van der Waals surface area contributed by atoms with E-state index in [1.54, 1.807) is 0 Å². The summed E-state index contributed by atoms with van der Waals surface area (Å²) in [5, 5.41) is 26.3. The van der Waals surface area contributed by atoms with Crippen LogP contribution >= 0.6 is 0 Å². The van der Waals surface area contributed by atoms with E-state index in [0.717, 1.165) is 6.42 Å². The molecule has 4 heterocycles. The van der Waals surface area contributed by atoms with Gasteiger partial charge in [0.25, 0.3) is 0 Å². The lowest BCUT2D eigenvalue weighted by atomic mass is 10.1. The number of hydrogen-bond donors (Lipinski definition) is 4. The Kier molecular flexibility index (Phi) is 5.26. The van der Waals surface area contributed by atoms with E-state index in [1.165, 1.54) is 24.3 Å². The molecule has 2 aromatic heterocycles. The molecule has 0 spiro atoms. The maximum atomic E-state index is 11.2. The molecule has 152 valence electrons. The highest BCUT2D eigenvalue weighted by Crippen LogP contribution is 2.32. The van der Waals surface area contributed by atoms with Gasteiger partial charge < -0.3 is 35.1 Å². The maximum absolute atomic E-state index is 11.2. The van der Waals surface area contributed by atoms with Crippen molar-refractivity contribution < 1.29 is 29.2 Å². The van der Waals surface area contributed by atoms with E-state index in [-0.39, 0.29) is 12.6 Å². The van der Waals surface area contributed by atoms with Crippen LogP contribution in [0, 0.1) is 0 Å². The molecule has 0 bridgehead atoms. The van der Waals surface area contributed by atoms with Crippen molar-refractivity contribution in [2.45, 2.75) is 37.0 Å². The SMILES string of the molecule is CNC(=O)OC[C@H]1OC(n2cnc3c(N[C@@H]4CCOC4)ncnc32)[C@H](O)[C@@H]1O. The third kappa shape index (κ3) is 3.46. The van der Waals surface area contributed by atoms with Crippen molar-refractivity contribution >= 4 is 23.1 Å². The van der Waals surface area contributed by atoms with Crippen LogP contribution in [0.4, 0.5) is 10.6 Å². The van der Waals surface area contributed by atoms with Crippen molar-refractivity contribution in [1.29, 1.82) is 0 Å². The summed E-state index contributed by atoms with van der Waals surface area (Å²) >= 11 is 0. The fourth-order valence-electron chi connectivity index (χ4n) is 3.31. The fraction of sp³-hybridized carbons (Fsp3) is 0.625. The van der Waals surface area contributed by atoms with Crippen molar-refractivity contribution in [3.8, 4) is 0 Å². The molecule has 28 heavy (non-hydrogen) atoms. The topological polar surface area (TPSA) is 153 Å². The summed E-state index contributed by atoms with van der Waals surface area (Å²) in [7, 11) is 1.42. The Morgan fingerprint density at radius 1 is 1.36 bits per heavy atom. The summed E-state index contributed by atoms with van der Waals surface area (Å²) in [6.07, 6.45) is -1.22. The third-order valence-electron chi connectivity index (χ3n) is 4.82. The molecule has 0 aliphatic carbocycles. The number of carbonyl (C=O) groups excluding carboxylic acids is 1. The van der Waals surface area contributed by atoms with Gasteiger partial charge in [0.1, 0.15) is 31.2 Å². The molecule has 2 aliphatic heterocycles. The zero-order valence-electron chi connectivity index (χ0n) is 15.2. The van der Waals surface area contributed by atoms with Crippen LogP contribution in [-0.4, -0.2) is 87.0 Å².